The Hall–Kier alpha value is -2.58. The summed E-state index contributed by atoms with van der Waals surface area (Å²) in [5, 5.41) is 0. The highest BCUT2D eigenvalue weighted by molar-refractivity contribution is 6.16. The van der Waals surface area contributed by atoms with Crippen molar-refractivity contribution in [3.05, 3.63) is 95.1 Å². The summed E-state index contributed by atoms with van der Waals surface area (Å²) in [5.41, 5.74) is 10.3. The van der Waals surface area contributed by atoms with Crippen molar-refractivity contribution in [2.45, 2.75) is 38.3 Å². The average Bonchev–Trinajstić information content (AvgIpc) is 2.81. The van der Waals surface area contributed by atoms with E-state index in [-0.39, 0.29) is 11.6 Å². The van der Waals surface area contributed by atoms with E-state index in [0.717, 1.165) is 12.8 Å². The first-order valence-corrected chi connectivity index (χ1v) is 10.2. The van der Waals surface area contributed by atoms with Gasteiger partial charge in [0.25, 0.3) is 0 Å². The van der Waals surface area contributed by atoms with Crippen molar-refractivity contribution < 1.29 is 4.74 Å². The lowest BCUT2D eigenvalue weighted by atomic mass is 9.71. The van der Waals surface area contributed by atoms with Crippen molar-refractivity contribution in [2.75, 3.05) is 0 Å². The second-order valence-electron chi connectivity index (χ2n) is 8.48. The Bertz CT molecular complexity index is 1100. The van der Waals surface area contributed by atoms with Crippen LogP contribution in [0.1, 0.15) is 37.0 Å². The van der Waals surface area contributed by atoms with E-state index in [1.165, 1.54) is 44.5 Å². The molecule has 0 fully saturated rings. The first kappa shape index (κ1) is 17.5. The lowest BCUT2D eigenvalue weighted by Gasteiger charge is -2.36. The molecule has 1 aliphatic carbocycles. The number of fused-ring (bicyclic) bond motifs is 5. The van der Waals surface area contributed by atoms with E-state index in [2.05, 4.69) is 94.5 Å². The van der Waals surface area contributed by atoms with Crippen LogP contribution in [0.25, 0.3) is 22.3 Å². The molecular formula is C26H25BO. The molecule has 0 saturated heterocycles. The van der Waals surface area contributed by atoms with Gasteiger partial charge in [0.2, 0.25) is 0 Å². The summed E-state index contributed by atoms with van der Waals surface area (Å²) in [4.78, 5) is 0. The van der Waals surface area contributed by atoms with Gasteiger partial charge in [0, 0.05) is 0 Å². The topological polar surface area (TPSA) is 9.23 Å². The van der Waals surface area contributed by atoms with Crippen LogP contribution in [0.15, 0.2) is 78.4 Å². The zero-order valence-corrected chi connectivity index (χ0v) is 16.8. The maximum atomic E-state index is 6.43. The molecule has 2 heteroatoms. The largest absolute Gasteiger partial charge is 0.372 e. The molecule has 0 bridgehead atoms. The van der Waals surface area contributed by atoms with Gasteiger partial charge in [-0.05, 0) is 71.7 Å². The molecule has 138 valence electrons. The van der Waals surface area contributed by atoms with Gasteiger partial charge in [0.05, 0.1) is 11.6 Å². The van der Waals surface area contributed by atoms with E-state index in [0.29, 0.717) is 0 Å². The smallest absolute Gasteiger partial charge is 0.154 e. The third-order valence-corrected chi connectivity index (χ3v) is 6.17. The Kier molecular flexibility index (Phi) is 4.06. The van der Waals surface area contributed by atoms with E-state index in [1.807, 2.05) is 0 Å². The zero-order valence-electron chi connectivity index (χ0n) is 16.8. The van der Waals surface area contributed by atoms with Gasteiger partial charge in [0.15, 0.2) is 7.85 Å². The number of hydrogen-bond donors (Lipinski definition) is 0. The Balaban J connectivity index is 1.75. The van der Waals surface area contributed by atoms with Gasteiger partial charge < -0.3 is 4.74 Å². The van der Waals surface area contributed by atoms with Crippen LogP contribution in [0.2, 0.25) is 0 Å². The van der Waals surface area contributed by atoms with Gasteiger partial charge in [-0.1, -0.05) is 72.3 Å². The third-order valence-electron chi connectivity index (χ3n) is 6.17. The molecule has 1 nitrogen and oxygen atoms in total. The third kappa shape index (κ3) is 2.84. The average molecular weight is 364 g/mol. The van der Waals surface area contributed by atoms with Crippen LogP contribution >= 0.6 is 0 Å². The Morgan fingerprint density at radius 3 is 2.18 bits per heavy atom. The SMILES string of the molecule is BC1(c2ccc3c(c2)-c2ccccc2Cc2ccccc2-3)C=C(C)CC(C)O1. The van der Waals surface area contributed by atoms with Crippen molar-refractivity contribution in [3.8, 4) is 22.3 Å². The molecule has 3 aromatic rings. The standard InChI is InChI=1S/C26H25BO/c1-17-13-18(2)28-26(27,16-17)21-11-12-24-22-9-5-3-7-19(22)14-20-8-4-6-10-23(20)25(24)15-21/h3-12,15-16,18H,13-14,27H2,1-2H3. The summed E-state index contributed by atoms with van der Waals surface area (Å²) in [6.45, 7) is 4.38. The van der Waals surface area contributed by atoms with E-state index >= 15 is 0 Å². The minimum Gasteiger partial charge on any atom is -0.372 e. The fourth-order valence-electron chi connectivity index (χ4n) is 5.02. The normalized spacial score (nSPS) is 23.1. The first-order valence-electron chi connectivity index (χ1n) is 10.2. The minimum absolute atomic E-state index is 0.238. The highest BCUT2D eigenvalue weighted by atomic mass is 16.5. The molecule has 0 aromatic heterocycles. The quantitative estimate of drug-likeness (QED) is 0.322. The van der Waals surface area contributed by atoms with E-state index in [9.17, 15) is 0 Å². The summed E-state index contributed by atoms with van der Waals surface area (Å²) in [5.74, 6) is 0. The van der Waals surface area contributed by atoms with Crippen molar-refractivity contribution in [3.63, 3.8) is 0 Å². The van der Waals surface area contributed by atoms with E-state index < -0.39 is 0 Å². The number of ether oxygens (including phenoxy) is 1. The lowest BCUT2D eigenvalue weighted by Crippen LogP contribution is -2.35. The molecule has 0 N–H and O–H groups in total. The predicted octanol–water partition coefficient (Wildman–Crippen LogP) is 5.47. The van der Waals surface area contributed by atoms with Crippen LogP contribution in [-0.2, 0) is 16.7 Å². The second kappa shape index (κ2) is 6.50. The van der Waals surface area contributed by atoms with Crippen LogP contribution in [-0.4, -0.2) is 14.0 Å². The molecular weight excluding hydrogens is 339 g/mol. The van der Waals surface area contributed by atoms with Crippen LogP contribution in [0.5, 0.6) is 0 Å². The predicted molar refractivity (Wildman–Crippen MR) is 119 cm³/mol. The van der Waals surface area contributed by atoms with Crippen molar-refractivity contribution in [1.82, 2.24) is 0 Å². The molecule has 1 aliphatic heterocycles. The number of hydrogen-bond acceptors (Lipinski definition) is 1. The highest BCUT2D eigenvalue weighted by Gasteiger charge is 2.32. The zero-order chi connectivity index (χ0) is 19.3. The maximum absolute atomic E-state index is 6.43. The fraction of sp³-hybridized carbons (Fsp3) is 0.231. The monoisotopic (exact) mass is 364 g/mol. The van der Waals surface area contributed by atoms with Crippen LogP contribution < -0.4 is 0 Å². The Morgan fingerprint density at radius 1 is 0.857 bits per heavy atom. The lowest BCUT2D eigenvalue weighted by molar-refractivity contribution is -0.0160. The van der Waals surface area contributed by atoms with Crippen molar-refractivity contribution in [1.29, 1.82) is 0 Å². The molecule has 0 radical (unpaired) electrons. The molecule has 5 rings (SSSR count). The Labute approximate surface area is 168 Å². The molecule has 2 aliphatic rings. The summed E-state index contributed by atoms with van der Waals surface area (Å²) in [6, 6.07) is 24.5. The van der Waals surface area contributed by atoms with E-state index in [4.69, 9.17) is 4.74 Å². The maximum Gasteiger partial charge on any atom is 0.154 e. The van der Waals surface area contributed by atoms with E-state index in [1.54, 1.807) is 0 Å². The van der Waals surface area contributed by atoms with Gasteiger partial charge in [-0.15, -0.1) is 0 Å². The van der Waals surface area contributed by atoms with Gasteiger partial charge in [0.1, 0.15) is 0 Å². The summed E-state index contributed by atoms with van der Waals surface area (Å²) < 4.78 is 6.43. The van der Waals surface area contributed by atoms with Crippen LogP contribution in [0.4, 0.5) is 0 Å². The Morgan fingerprint density at radius 2 is 1.50 bits per heavy atom. The molecule has 2 atom stereocenters. The number of benzene rings is 3. The van der Waals surface area contributed by atoms with Gasteiger partial charge >= 0.3 is 0 Å². The molecule has 28 heavy (non-hydrogen) atoms. The van der Waals surface area contributed by atoms with Gasteiger partial charge in [-0.25, -0.2) is 0 Å². The fourth-order valence-corrected chi connectivity index (χ4v) is 5.02. The highest BCUT2D eigenvalue weighted by Crippen LogP contribution is 2.43. The summed E-state index contributed by atoms with van der Waals surface area (Å²) in [7, 11) is 2.20. The van der Waals surface area contributed by atoms with Crippen molar-refractivity contribution >= 4 is 7.85 Å². The molecule has 0 saturated carbocycles. The van der Waals surface area contributed by atoms with Gasteiger partial charge in [-0.3, -0.25) is 0 Å². The molecule has 1 heterocycles. The molecule has 3 aromatic carbocycles. The van der Waals surface area contributed by atoms with Crippen LogP contribution in [0, 0.1) is 0 Å². The summed E-state index contributed by atoms with van der Waals surface area (Å²) >= 11 is 0. The minimum atomic E-state index is -0.377. The van der Waals surface area contributed by atoms with Crippen molar-refractivity contribution in [2.24, 2.45) is 0 Å². The van der Waals surface area contributed by atoms with Gasteiger partial charge in [-0.2, -0.15) is 0 Å². The molecule has 0 amide bonds. The summed E-state index contributed by atoms with van der Waals surface area (Å²) in [6.07, 6.45) is 4.52. The number of rotatable bonds is 1. The molecule has 2 unspecified atom stereocenters. The second-order valence-corrected chi connectivity index (χ2v) is 8.48. The van der Waals surface area contributed by atoms with Crippen LogP contribution in [0.3, 0.4) is 0 Å². The molecule has 0 spiro atoms. The first-order chi connectivity index (χ1) is 13.5.